The zero-order chi connectivity index (χ0) is 9.68. The van der Waals surface area contributed by atoms with Gasteiger partial charge in [-0.1, -0.05) is 0 Å². The average molecular weight is 181 g/mol. The van der Waals surface area contributed by atoms with Crippen molar-refractivity contribution < 1.29 is 0 Å². The Morgan fingerprint density at radius 3 is 2.92 bits per heavy atom. The number of nitriles is 1. The Bertz CT molecular complexity index is 426. The molecule has 13 heavy (non-hydrogen) atoms. The van der Waals surface area contributed by atoms with Crippen LogP contribution >= 0.6 is 0 Å². The van der Waals surface area contributed by atoms with Crippen LogP contribution in [-0.4, -0.2) is 21.7 Å². The third kappa shape index (κ3) is 2.44. The van der Waals surface area contributed by atoms with Crippen LogP contribution in [0, 0.1) is 11.3 Å². The van der Waals surface area contributed by atoms with Crippen molar-refractivity contribution in [1.29, 1.82) is 5.26 Å². The summed E-state index contributed by atoms with van der Waals surface area (Å²) in [5, 5.41) is 16.3. The van der Waals surface area contributed by atoms with Crippen LogP contribution in [0.4, 0.5) is 5.82 Å². The number of H-pyrrole nitrogens is 2. The molecule has 7 heteroatoms. The predicted octanol–water partition coefficient (Wildman–Crippen LogP) is -1.22. The van der Waals surface area contributed by atoms with E-state index in [0.717, 1.165) is 0 Å². The van der Waals surface area contributed by atoms with Gasteiger partial charge in [-0.25, -0.2) is 9.89 Å². The molecule has 0 aliphatic carbocycles. The maximum atomic E-state index is 11.0. The molecule has 3 N–H and O–H groups in total. The Hall–Kier alpha value is -2.10. The van der Waals surface area contributed by atoms with Crippen LogP contribution in [0.25, 0.3) is 0 Å². The normalized spacial score (nSPS) is 9.15. The van der Waals surface area contributed by atoms with E-state index in [1.54, 1.807) is 0 Å². The van der Waals surface area contributed by atoms with Crippen molar-refractivity contribution in [2.24, 2.45) is 0 Å². The molecule has 0 aliphatic heterocycles. The van der Waals surface area contributed by atoms with Gasteiger partial charge in [-0.3, -0.25) is 9.78 Å². The molecule has 0 radical (unpaired) electrons. The van der Waals surface area contributed by atoms with Crippen molar-refractivity contribution in [2.75, 3.05) is 11.9 Å². The van der Waals surface area contributed by atoms with E-state index in [4.69, 9.17) is 5.26 Å². The lowest BCUT2D eigenvalue weighted by Gasteiger charge is -1.98. The predicted molar refractivity (Wildman–Crippen MR) is 44.2 cm³/mol. The molecule has 0 aromatic carbocycles. The minimum absolute atomic E-state index is 0.00912. The lowest BCUT2D eigenvalue weighted by molar-refractivity contribution is 0.881. The summed E-state index contributed by atoms with van der Waals surface area (Å²) in [6, 6.07) is 1.89. The van der Waals surface area contributed by atoms with Crippen LogP contribution in [0.15, 0.2) is 9.59 Å². The molecule has 0 atom stereocenters. The van der Waals surface area contributed by atoms with Crippen molar-refractivity contribution in [3.8, 4) is 6.07 Å². The van der Waals surface area contributed by atoms with Crippen LogP contribution in [0.5, 0.6) is 0 Å². The zero-order valence-corrected chi connectivity index (χ0v) is 6.63. The quantitative estimate of drug-likeness (QED) is 0.506. The second-order valence-corrected chi connectivity index (χ2v) is 2.19. The molecule has 7 nitrogen and oxygen atoms in total. The van der Waals surface area contributed by atoms with Crippen molar-refractivity contribution >= 4 is 5.82 Å². The highest BCUT2D eigenvalue weighted by Crippen LogP contribution is 1.86. The average Bonchev–Trinajstić information content (AvgIpc) is 2.09. The highest BCUT2D eigenvalue weighted by Gasteiger charge is 1.99. The van der Waals surface area contributed by atoms with E-state index < -0.39 is 11.2 Å². The lowest BCUT2D eigenvalue weighted by Crippen LogP contribution is -2.27. The number of nitrogens with one attached hydrogen (secondary N) is 3. The third-order valence-corrected chi connectivity index (χ3v) is 1.24. The fraction of sp³-hybridized carbons (Fsp3) is 0.333. The Kier molecular flexibility index (Phi) is 2.81. The van der Waals surface area contributed by atoms with E-state index in [2.05, 4.69) is 15.5 Å². The van der Waals surface area contributed by atoms with Crippen LogP contribution in [0.3, 0.4) is 0 Å². The Morgan fingerprint density at radius 1 is 1.54 bits per heavy atom. The molecular formula is C6H7N5O2. The van der Waals surface area contributed by atoms with Gasteiger partial charge in [0.05, 0.1) is 12.5 Å². The summed E-state index contributed by atoms with van der Waals surface area (Å²) in [7, 11) is 0. The SMILES string of the molecule is N#CCCNc1n[nH]c(=O)[nH]c1=O. The van der Waals surface area contributed by atoms with Gasteiger partial charge in [-0.2, -0.15) is 5.26 Å². The Balaban J connectivity index is 2.74. The molecule has 0 unspecified atom stereocenters. The van der Waals surface area contributed by atoms with Gasteiger partial charge in [0.15, 0.2) is 0 Å². The first kappa shape index (κ1) is 8.99. The second kappa shape index (κ2) is 4.06. The molecule has 0 aliphatic rings. The standard InChI is InChI=1S/C6H7N5O2/c7-2-1-3-8-4-5(12)9-6(13)11-10-4/h1,3H2,(H,8,10)(H2,9,11,12,13). The fourth-order valence-corrected chi connectivity index (χ4v) is 0.704. The number of rotatable bonds is 3. The maximum absolute atomic E-state index is 11.0. The van der Waals surface area contributed by atoms with E-state index >= 15 is 0 Å². The lowest BCUT2D eigenvalue weighted by atomic mass is 10.4. The number of hydrogen-bond acceptors (Lipinski definition) is 5. The summed E-state index contributed by atoms with van der Waals surface area (Å²) in [5.74, 6) is 0.00912. The van der Waals surface area contributed by atoms with Gasteiger partial charge in [0.1, 0.15) is 0 Å². The second-order valence-electron chi connectivity index (χ2n) is 2.19. The molecule has 0 fully saturated rings. The molecule has 0 amide bonds. The summed E-state index contributed by atoms with van der Waals surface area (Å²) in [4.78, 5) is 23.5. The minimum Gasteiger partial charge on any atom is -0.363 e. The number of hydrogen-bond donors (Lipinski definition) is 3. The summed E-state index contributed by atoms with van der Waals surface area (Å²) in [6.07, 6.45) is 0.264. The highest BCUT2D eigenvalue weighted by molar-refractivity contribution is 5.28. The van der Waals surface area contributed by atoms with Crippen LogP contribution in [0.1, 0.15) is 6.42 Å². The molecule has 0 bridgehead atoms. The maximum Gasteiger partial charge on any atom is 0.342 e. The largest absolute Gasteiger partial charge is 0.363 e. The zero-order valence-electron chi connectivity index (χ0n) is 6.63. The molecule has 0 saturated carbocycles. The fourth-order valence-electron chi connectivity index (χ4n) is 0.704. The summed E-state index contributed by atoms with van der Waals surface area (Å²) in [5.41, 5.74) is -1.25. The van der Waals surface area contributed by atoms with Crippen molar-refractivity contribution in [2.45, 2.75) is 6.42 Å². The van der Waals surface area contributed by atoms with Gasteiger partial charge in [-0.05, 0) is 0 Å². The number of aromatic amines is 2. The molecule has 1 heterocycles. The molecule has 1 rings (SSSR count). The summed E-state index contributed by atoms with van der Waals surface area (Å²) < 4.78 is 0. The topological polar surface area (TPSA) is 114 Å². The van der Waals surface area contributed by atoms with Crippen molar-refractivity contribution in [1.82, 2.24) is 15.2 Å². The number of nitrogens with zero attached hydrogens (tertiary/aromatic N) is 2. The van der Waals surface area contributed by atoms with E-state index in [-0.39, 0.29) is 12.2 Å². The first-order chi connectivity index (χ1) is 6.24. The highest BCUT2D eigenvalue weighted by atomic mass is 16.2. The first-order valence-electron chi connectivity index (χ1n) is 3.54. The summed E-state index contributed by atoms with van der Waals surface area (Å²) in [6.45, 7) is 0.318. The van der Waals surface area contributed by atoms with Crippen LogP contribution in [0.2, 0.25) is 0 Å². The van der Waals surface area contributed by atoms with Crippen LogP contribution in [-0.2, 0) is 0 Å². The van der Waals surface area contributed by atoms with Gasteiger partial charge >= 0.3 is 5.69 Å². The summed E-state index contributed by atoms with van der Waals surface area (Å²) >= 11 is 0. The Labute approximate surface area is 72.4 Å². The molecule has 1 aromatic rings. The molecular weight excluding hydrogens is 174 g/mol. The van der Waals surface area contributed by atoms with E-state index in [0.29, 0.717) is 6.54 Å². The van der Waals surface area contributed by atoms with Crippen molar-refractivity contribution in [3.05, 3.63) is 20.8 Å². The molecule has 68 valence electrons. The smallest absolute Gasteiger partial charge is 0.342 e. The number of aromatic nitrogens is 3. The Morgan fingerprint density at radius 2 is 2.31 bits per heavy atom. The van der Waals surface area contributed by atoms with E-state index in [9.17, 15) is 9.59 Å². The van der Waals surface area contributed by atoms with Crippen molar-refractivity contribution in [3.63, 3.8) is 0 Å². The third-order valence-electron chi connectivity index (χ3n) is 1.24. The molecule has 1 aromatic heterocycles. The van der Waals surface area contributed by atoms with Gasteiger partial charge in [-0.15, -0.1) is 5.10 Å². The monoisotopic (exact) mass is 181 g/mol. The molecule has 0 saturated heterocycles. The van der Waals surface area contributed by atoms with Gasteiger partial charge in [0.25, 0.3) is 5.56 Å². The minimum atomic E-state index is -0.657. The number of anilines is 1. The van der Waals surface area contributed by atoms with E-state index in [1.807, 2.05) is 11.1 Å². The van der Waals surface area contributed by atoms with E-state index in [1.165, 1.54) is 0 Å². The first-order valence-corrected chi connectivity index (χ1v) is 3.54. The van der Waals surface area contributed by atoms with Gasteiger partial charge in [0.2, 0.25) is 5.82 Å². The van der Waals surface area contributed by atoms with Gasteiger partial charge < -0.3 is 5.32 Å². The van der Waals surface area contributed by atoms with Gasteiger partial charge in [0, 0.05) is 6.54 Å². The van der Waals surface area contributed by atoms with Crippen LogP contribution < -0.4 is 16.6 Å². The molecule has 0 spiro atoms.